The predicted octanol–water partition coefficient (Wildman–Crippen LogP) is 3.46. The van der Waals surface area contributed by atoms with E-state index in [1.807, 2.05) is 0 Å². The van der Waals surface area contributed by atoms with Crippen LogP contribution in [0.5, 0.6) is 5.75 Å². The van der Waals surface area contributed by atoms with Crippen molar-refractivity contribution in [2.75, 3.05) is 23.1 Å². The van der Waals surface area contributed by atoms with Crippen molar-refractivity contribution in [3.8, 4) is 5.75 Å². The van der Waals surface area contributed by atoms with Crippen LogP contribution in [0.2, 0.25) is 0 Å². The number of halogens is 1. The number of benzene rings is 2. The van der Waals surface area contributed by atoms with Gasteiger partial charge in [0, 0.05) is 22.6 Å². The van der Waals surface area contributed by atoms with Crippen LogP contribution < -0.4 is 15.0 Å². The number of anilines is 2. The van der Waals surface area contributed by atoms with Gasteiger partial charge in [0.15, 0.2) is 0 Å². The molecule has 0 spiro atoms. The smallest absolute Gasteiger partial charge is 0.247 e. The number of hydrogen-bond donors (Lipinski definition) is 1. The minimum absolute atomic E-state index is 0.0784. The van der Waals surface area contributed by atoms with Crippen molar-refractivity contribution in [2.45, 2.75) is 11.7 Å². The minimum atomic E-state index is -0.558. The first-order valence-electron chi connectivity index (χ1n) is 8.16. The molecule has 1 N–H and O–H groups in total. The van der Waals surface area contributed by atoms with Crippen LogP contribution in [0.15, 0.2) is 53.0 Å². The van der Waals surface area contributed by atoms with E-state index in [2.05, 4.69) is 21.2 Å². The van der Waals surface area contributed by atoms with E-state index in [9.17, 15) is 14.4 Å². The van der Waals surface area contributed by atoms with Gasteiger partial charge in [0.1, 0.15) is 5.75 Å². The van der Waals surface area contributed by atoms with Crippen molar-refractivity contribution in [1.29, 1.82) is 0 Å². The fourth-order valence-electron chi connectivity index (χ4n) is 2.67. The summed E-state index contributed by atoms with van der Waals surface area (Å²) in [6.45, 7) is 0. The van der Waals surface area contributed by atoms with E-state index in [4.69, 9.17) is 4.74 Å². The monoisotopic (exact) mass is 448 g/mol. The van der Waals surface area contributed by atoms with Crippen molar-refractivity contribution < 1.29 is 19.1 Å². The Morgan fingerprint density at radius 2 is 2.00 bits per heavy atom. The van der Waals surface area contributed by atoms with Gasteiger partial charge in [-0.2, -0.15) is 0 Å². The third kappa shape index (κ3) is 4.70. The summed E-state index contributed by atoms with van der Waals surface area (Å²) in [5.41, 5.74) is 1.15. The maximum atomic E-state index is 12.6. The molecule has 1 atom stereocenters. The lowest BCUT2D eigenvalue weighted by atomic mass is 10.3. The Balaban J connectivity index is 1.58. The SMILES string of the molecule is COc1cccc(NC(=O)CS[C@H]2CC(=O)N(c3ccc(Br)cc3)C2=O)c1. The first kappa shape index (κ1) is 19.4. The first-order valence-corrected chi connectivity index (χ1v) is 10.00. The maximum Gasteiger partial charge on any atom is 0.247 e. The van der Waals surface area contributed by atoms with Gasteiger partial charge < -0.3 is 10.1 Å². The van der Waals surface area contributed by atoms with Crippen LogP contribution in [0.3, 0.4) is 0 Å². The number of hydrogen-bond acceptors (Lipinski definition) is 5. The summed E-state index contributed by atoms with van der Waals surface area (Å²) in [5.74, 6) is -0.0676. The van der Waals surface area contributed by atoms with E-state index in [0.717, 1.165) is 4.47 Å². The number of ether oxygens (including phenoxy) is 1. The van der Waals surface area contributed by atoms with E-state index in [-0.39, 0.29) is 29.9 Å². The van der Waals surface area contributed by atoms with Gasteiger partial charge in [-0.3, -0.25) is 14.4 Å². The lowest BCUT2D eigenvalue weighted by Gasteiger charge is -2.15. The quantitative estimate of drug-likeness (QED) is 0.684. The van der Waals surface area contributed by atoms with Crippen molar-refractivity contribution >= 4 is 56.8 Å². The number of carbonyl (C=O) groups is 3. The number of methoxy groups -OCH3 is 1. The minimum Gasteiger partial charge on any atom is -0.497 e. The molecule has 3 rings (SSSR count). The zero-order valence-corrected chi connectivity index (χ0v) is 16.9. The summed E-state index contributed by atoms with van der Waals surface area (Å²) in [5, 5.41) is 2.20. The molecule has 2 aromatic rings. The molecule has 0 aliphatic carbocycles. The lowest BCUT2D eigenvalue weighted by Crippen LogP contribution is -2.31. The third-order valence-corrected chi connectivity index (χ3v) is 5.69. The van der Waals surface area contributed by atoms with E-state index in [0.29, 0.717) is 17.1 Å². The first-order chi connectivity index (χ1) is 13.0. The van der Waals surface area contributed by atoms with Gasteiger partial charge in [-0.15, -0.1) is 11.8 Å². The lowest BCUT2D eigenvalue weighted by molar-refractivity contribution is -0.121. The maximum absolute atomic E-state index is 12.6. The standard InChI is InChI=1S/C19H17BrN2O4S/c1-26-15-4-2-3-13(9-15)21-17(23)11-27-16-10-18(24)22(19(16)25)14-7-5-12(20)6-8-14/h2-9,16H,10-11H2,1H3,(H,21,23)/t16-/m0/s1. The topological polar surface area (TPSA) is 75.7 Å². The molecular weight excluding hydrogens is 432 g/mol. The summed E-state index contributed by atoms with van der Waals surface area (Å²) in [6.07, 6.45) is 0.0893. The van der Waals surface area contributed by atoms with E-state index >= 15 is 0 Å². The Labute approximate surface area is 169 Å². The highest BCUT2D eigenvalue weighted by Crippen LogP contribution is 2.30. The van der Waals surface area contributed by atoms with Crippen molar-refractivity contribution in [1.82, 2.24) is 0 Å². The molecule has 2 aromatic carbocycles. The van der Waals surface area contributed by atoms with Gasteiger partial charge in [0.25, 0.3) is 0 Å². The molecule has 8 heteroatoms. The van der Waals surface area contributed by atoms with Crippen molar-refractivity contribution in [3.05, 3.63) is 53.0 Å². The molecule has 6 nitrogen and oxygen atoms in total. The van der Waals surface area contributed by atoms with Crippen LogP contribution >= 0.6 is 27.7 Å². The van der Waals surface area contributed by atoms with Gasteiger partial charge in [-0.1, -0.05) is 22.0 Å². The molecule has 1 aliphatic heterocycles. The molecule has 0 unspecified atom stereocenters. The average Bonchev–Trinajstić information content (AvgIpc) is 2.94. The van der Waals surface area contributed by atoms with Crippen molar-refractivity contribution in [3.63, 3.8) is 0 Å². The number of amides is 3. The molecule has 1 fully saturated rings. The summed E-state index contributed by atoms with van der Waals surface area (Å²) in [4.78, 5) is 38.2. The molecule has 0 bridgehead atoms. The van der Waals surface area contributed by atoms with Crippen LogP contribution in [0, 0.1) is 0 Å². The molecule has 140 valence electrons. The summed E-state index contributed by atoms with van der Waals surface area (Å²) < 4.78 is 5.98. The molecule has 0 aromatic heterocycles. The fourth-order valence-corrected chi connectivity index (χ4v) is 3.87. The summed E-state index contributed by atoms with van der Waals surface area (Å²) >= 11 is 4.50. The Morgan fingerprint density at radius 3 is 2.70 bits per heavy atom. The van der Waals surface area contributed by atoms with E-state index in [1.165, 1.54) is 16.7 Å². The van der Waals surface area contributed by atoms with Gasteiger partial charge in [0.05, 0.1) is 23.8 Å². The number of imide groups is 1. The second-order valence-electron chi connectivity index (χ2n) is 5.83. The molecule has 27 heavy (non-hydrogen) atoms. The van der Waals surface area contributed by atoms with E-state index < -0.39 is 5.25 Å². The number of rotatable bonds is 6. The second-order valence-corrected chi connectivity index (χ2v) is 7.93. The Kier molecular flexibility index (Phi) is 6.18. The normalized spacial score (nSPS) is 16.5. The highest BCUT2D eigenvalue weighted by molar-refractivity contribution is 9.10. The number of nitrogens with zero attached hydrogens (tertiary/aromatic N) is 1. The molecule has 1 heterocycles. The highest BCUT2D eigenvalue weighted by atomic mass is 79.9. The number of thioether (sulfide) groups is 1. The van der Waals surface area contributed by atoms with Gasteiger partial charge >= 0.3 is 0 Å². The van der Waals surface area contributed by atoms with Crippen LogP contribution in [-0.2, 0) is 14.4 Å². The van der Waals surface area contributed by atoms with E-state index in [1.54, 1.807) is 55.6 Å². The average molecular weight is 449 g/mol. The fraction of sp³-hybridized carbons (Fsp3) is 0.211. The van der Waals surface area contributed by atoms with Crippen LogP contribution in [0.1, 0.15) is 6.42 Å². The van der Waals surface area contributed by atoms with Gasteiger partial charge in [-0.25, -0.2) is 4.90 Å². The van der Waals surface area contributed by atoms with Crippen LogP contribution in [0.25, 0.3) is 0 Å². The van der Waals surface area contributed by atoms with Crippen molar-refractivity contribution in [2.24, 2.45) is 0 Å². The Morgan fingerprint density at radius 1 is 1.26 bits per heavy atom. The molecule has 1 aliphatic rings. The van der Waals surface area contributed by atoms with Gasteiger partial charge in [0.2, 0.25) is 17.7 Å². The molecule has 0 saturated carbocycles. The summed E-state index contributed by atoms with van der Waals surface area (Å²) in [6, 6.07) is 14.0. The van der Waals surface area contributed by atoms with Crippen LogP contribution in [-0.4, -0.2) is 35.8 Å². The molecule has 1 saturated heterocycles. The Bertz CT molecular complexity index is 872. The van der Waals surface area contributed by atoms with Crippen LogP contribution in [0.4, 0.5) is 11.4 Å². The molecular formula is C19H17BrN2O4S. The highest BCUT2D eigenvalue weighted by Gasteiger charge is 2.40. The third-order valence-electron chi connectivity index (χ3n) is 3.96. The van der Waals surface area contributed by atoms with Gasteiger partial charge in [-0.05, 0) is 36.4 Å². The second kappa shape index (κ2) is 8.58. The number of carbonyl (C=O) groups excluding carboxylic acids is 3. The number of nitrogens with one attached hydrogen (secondary N) is 1. The summed E-state index contributed by atoms with van der Waals surface area (Å²) in [7, 11) is 1.55. The predicted molar refractivity (Wildman–Crippen MR) is 109 cm³/mol. The molecule has 0 radical (unpaired) electrons. The largest absolute Gasteiger partial charge is 0.497 e. The Hall–Kier alpha value is -2.32. The zero-order valence-electron chi connectivity index (χ0n) is 14.5. The zero-order chi connectivity index (χ0) is 19.4. The molecule has 3 amide bonds.